The Morgan fingerprint density at radius 1 is 0.885 bits per heavy atom. The van der Waals surface area contributed by atoms with E-state index < -0.39 is 0 Å². The summed E-state index contributed by atoms with van der Waals surface area (Å²) in [4.78, 5) is 11.7. The molecule has 0 aliphatic carbocycles. The van der Waals surface area contributed by atoms with Crippen molar-refractivity contribution >= 4 is 5.95 Å². The fourth-order valence-electron chi connectivity index (χ4n) is 3.81. The minimum Gasteiger partial charge on any atom is -0.341 e. The lowest BCUT2D eigenvalue weighted by Crippen LogP contribution is -2.34. The Labute approximate surface area is 162 Å². The molecule has 26 heavy (non-hydrogen) atoms. The summed E-state index contributed by atoms with van der Waals surface area (Å²) in [6, 6.07) is 0. The molecule has 0 atom stereocenters. The van der Waals surface area contributed by atoms with Crippen LogP contribution in [0, 0.1) is 16.7 Å². The number of hydrogen-bond acceptors (Lipinski definition) is 3. The van der Waals surface area contributed by atoms with Crippen molar-refractivity contribution in [3.63, 3.8) is 0 Å². The van der Waals surface area contributed by atoms with Crippen molar-refractivity contribution < 1.29 is 0 Å². The number of aromatic nitrogens is 2. The van der Waals surface area contributed by atoms with Crippen LogP contribution in [0.4, 0.5) is 5.95 Å². The summed E-state index contributed by atoms with van der Waals surface area (Å²) < 4.78 is 0. The maximum absolute atomic E-state index is 4.65. The molecule has 1 aromatic rings. The molecule has 0 amide bonds. The number of aryl methyl sites for hydroxylation is 1. The first-order valence-corrected chi connectivity index (χ1v) is 10.7. The van der Waals surface area contributed by atoms with Crippen LogP contribution in [0.2, 0.25) is 0 Å². The highest BCUT2D eigenvalue weighted by molar-refractivity contribution is 5.30. The van der Waals surface area contributed by atoms with Crippen LogP contribution in [0.1, 0.15) is 92.1 Å². The standard InChI is InChI=1S/C23H41N3/c1-22(2,3)13-7-9-19-11-15-26(16-12-19)21-24-17-20(18-25-21)10-8-14-23(4,5)6/h17-19H,7-16H2,1-6H3. The zero-order valence-electron chi connectivity index (χ0n) is 18.1. The molecule has 0 radical (unpaired) electrons. The molecule has 0 aromatic carbocycles. The second-order valence-electron chi connectivity index (χ2n) is 10.7. The number of nitrogens with zero attached hydrogens (tertiary/aromatic N) is 3. The predicted octanol–water partition coefficient (Wildman–Crippen LogP) is 6.28. The molecule has 2 heterocycles. The van der Waals surface area contributed by atoms with Gasteiger partial charge in [-0.15, -0.1) is 0 Å². The molecular formula is C23H41N3. The van der Waals surface area contributed by atoms with Gasteiger partial charge in [-0.2, -0.15) is 0 Å². The summed E-state index contributed by atoms with van der Waals surface area (Å²) in [7, 11) is 0. The Hall–Kier alpha value is -1.12. The van der Waals surface area contributed by atoms with E-state index in [1.807, 2.05) is 12.4 Å². The Morgan fingerprint density at radius 3 is 1.96 bits per heavy atom. The van der Waals surface area contributed by atoms with Crippen LogP contribution in [0.15, 0.2) is 12.4 Å². The van der Waals surface area contributed by atoms with E-state index in [1.54, 1.807) is 0 Å². The Kier molecular flexibility index (Phi) is 7.49. The van der Waals surface area contributed by atoms with Gasteiger partial charge in [0.05, 0.1) is 0 Å². The van der Waals surface area contributed by atoms with Crippen molar-refractivity contribution in [2.45, 2.75) is 92.9 Å². The Morgan fingerprint density at radius 2 is 1.42 bits per heavy atom. The van der Waals surface area contributed by atoms with E-state index in [4.69, 9.17) is 0 Å². The van der Waals surface area contributed by atoms with E-state index in [1.165, 1.54) is 50.5 Å². The maximum Gasteiger partial charge on any atom is 0.225 e. The van der Waals surface area contributed by atoms with Crippen LogP contribution in [0.5, 0.6) is 0 Å². The van der Waals surface area contributed by atoms with Gasteiger partial charge in [0.15, 0.2) is 0 Å². The van der Waals surface area contributed by atoms with Gasteiger partial charge in [0, 0.05) is 25.5 Å². The number of anilines is 1. The molecule has 0 spiro atoms. The van der Waals surface area contributed by atoms with Crippen molar-refractivity contribution in [1.82, 2.24) is 9.97 Å². The van der Waals surface area contributed by atoms with Gasteiger partial charge in [-0.05, 0) is 60.8 Å². The minimum atomic E-state index is 0.415. The zero-order chi connectivity index (χ0) is 19.2. The average Bonchev–Trinajstić information content (AvgIpc) is 2.54. The van der Waals surface area contributed by atoms with Crippen LogP contribution in [-0.4, -0.2) is 23.1 Å². The molecule has 1 aliphatic rings. The second kappa shape index (κ2) is 9.19. The summed E-state index contributed by atoms with van der Waals surface area (Å²) in [5, 5.41) is 0. The van der Waals surface area contributed by atoms with Crippen molar-refractivity contribution in [1.29, 1.82) is 0 Å². The average molecular weight is 360 g/mol. The molecule has 2 rings (SSSR count). The van der Waals surface area contributed by atoms with Crippen LogP contribution in [0.25, 0.3) is 0 Å². The third-order valence-corrected chi connectivity index (χ3v) is 5.52. The smallest absolute Gasteiger partial charge is 0.225 e. The molecule has 3 heteroatoms. The molecule has 1 fully saturated rings. The molecule has 0 unspecified atom stereocenters. The van der Waals surface area contributed by atoms with Crippen molar-refractivity contribution in [3.8, 4) is 0 Å². The van der Waals surface area contributed by atoms with Crippen molar-refractivity contribution in [2.75, 3.05) is 18.0 Å². The summed E-state index contributed by atoms with van der Waals surface area (Å²) in [5.41, 5.74) is 2.16. The van der Waals surface area contributed by atoms with Gasteiger partial charge in [0.2, 0.25) is 5.95 Å². The van der Waals surface area contributed by atoms with Gasteiger partial charge in [0.25, 0.3) is 0 Å². The lowest BCUT2D eigenvalue weighted by molar-refractivity contribution is 0.313. The summed E-state index contributed by atoms with van der Waals surface area (Å²) in [6.07, 6.45) is 14.3. The topological polar surface area (TPSA) is 29.0 Å². The van der Waals surface area contributed by atoms with Gasteiger partial charge in [0.1, 0.15) is 0 Å². The summed E-state index contributed by atoms with van der Waals surface area (Å²) in [6.45, 7) is 16.2. The van der Waals surface area contributed by atoms with Crippen LogP contribution in [0.3, 0.4) is 0 Å². The van der Waals surface area contributed by atoms with E-state index in [2.05, 4.69) is 56.4 Å². The number of piperidine rings is 1. The minimum absolute atomic E-state index is 0.415. The summed E-state index contributed by atoms with van der Waals surface area (Å²) in [5.74, 6) is 1.82. The van der Waals surface area contributed by atoms with E-state index >= 15 is 0 Å². The lowest BCUT2D eigenvalue weighted by atomic mass is 9.85. The van der Waals surface area contributed by atoms with Gasteiger partial charge >= 0.3 is 0 Å². The Bertz CT molecular complexity index is 514. The Balaban J connectivity index is 1.72. The highest BCUT2D eigenvalue weighted by Gasteiger charge is 2.21. The van der Waals surface area contributed by atoms with Gasteiger partial charge in [-0.25, -0.2) is 9.97 Å². The fourth-order valence-corrected chi connectivity index (χ4v) is 3.81. The molecular weight excluding hydrogens is 318 g/mol. The highest BCUT2D eigenvalue weighted by Crippen LogP contribution is 2.28. The molecule has 1 aliphatic heterocycles. The van der Waals surface area contributed by atoms with E-state index in [0.29, 0.717) is 10.8 Å². The molecule has 148 valence electrons. The van der Waals surface area contributed by atoms with Crippen LogP contribution >= 0.6 is 0 Å². The van der Waals surface area contributed by atoms with Crippen LogP contribution < -0.4 is 4.90 Å². The zero-order valence-corrected chi connectivity index (χ0v) is 18.1. The maximum atomic E-state index is 4.65. The second-order valence-corrected chi connectivity index (χ2v) is 10.7. The first-order valence-electron chi connectivity index (χ1n) is 10.7. The number of hydrogen-bond donors (Lipinski definition) is 0. The van der Waals surface area contributed by atoms with Crippen molar-refractivity contribution in [2.24, 2.45) is 16.7 Å². The summed E-state index contributed by atoms with van der Waals surface area (Å²) >= 11 is 0. The quantitative estimate of drug-likeness (QED) is 0.574. The van der Waals surface area contributed by atoms with E-state index in [-0.39, 0.29) is 0 Å². The monoisotopic (exact) mass is 359 g/mol. The van der Waals surface area contributed by atoms with Gasteiger partial charge < -0.3 is 4.90 Å². The van der Waals surface area contributed by atoms with Gasteiger partial charge in [-0.3, -0.25) is 0 Å². The predicted molar refractivity (Wildman–Crippen MR) is 113 cm³/mol. The largest absolute Gasteiger partial charge is 0.341 e. The first kappa shape index (κ1) is 21.2. The molecule has 0 saturated carbocycles. The normalized spacial score (nSPS) is 16.9. The third-order valence-electron chi connectivity index (χ3n) is 5.52. The fraction of sp³-hybridized carbons (Fsp3) is 0.826. The first-order chi connectivity index (χ1) is 12.1. The van der Waals surface area contributed by atoms with E-state index in [9.17, 15) is 0 Å². The molecule has 1 saturated heterocycles. The number of rotatable bonds is 7. The molecule has 0 bridgehead atoms. The SMILES string of the molecule is CC(C)(C)CCCc1cnc(N2CCC(CCCC(C)(C)C)CC2)nc1. The molecule has 1 aromatic heterocycles. The van der Waals surface area contributed by atoms with E-state index in [0.717, 1.165) is 31.4 Å². The highest BCUT2D eigenvalue weighted by atomic mass is 15.2. The molecule has 0 N–H and O–H groups in total. The van der Waals surface area contributed by atoms with Gasteiger partial charge in [-0.1, -0.05) is 54.4 Å². The van der Waals surface area contributed by atoms with Crippen LogP contribution in [-0.2, 0) is 6.42 Å². The molecule has 3 nitrogen and oxygen atoms in total. The lowest BCUT2D eigenvalue weighted by Gasteiger charge is -2.32. The third kappa shape index (κ3) is 8.05. The van der Waals surface area contributed by atoms with Crippen molar-refractivity contribution in [3.05, 3.63) is 18.0 Å².